The van der Waals surface area contributed by atoms with Crippen LogP contribution in [0.15, 0.2) is 66.7 Å². The molecule has 1 N–H and O–H groups in total. The van der Waals surface area contributed by atoms with Crippen molar-refractivity contribution in [3.05, 3.63) is 72.3 Å². The minimum Gasteiger partial charge on any atom is -0.324 e. The van der Waals surface area contributed by atoms with E-state index in [1.807, 2.05) is 59.5 Å². The van der Waals surface area contributed by atoms with Gasteiger partial charge in [-0.1, -0.05) is 54.6 Å². The van der Waals surface area contributed by atoms with Gasteiger partial charge >= 0.3 is 0 Å². The molecule has 32 heavy (non-hydrogen) atoms. The highest BCUT2D eigenvalue weighted by molar-refractivity contribution is 6.02. The van der Waals surface area contributed by atoms with E-state index in [1.54, 1.807) is 0 Å². The summed E-state index contributed by atoms with van der Waals surface area (Å²) < 4.78 is 0. The van der Waals surface area contributed by atoms with Crippen LogP contribution in [0, 0.1) is 5.92 Å². The van der Waals surface area contributed by atoms with Gasteiger partial charge < -0.3 is 10.2 Å². The summed E-state index contributed by atoms with van der Waals surface area (Å²) in [6.07, 6.45) is 2.52. The molecule has 5 rings (SSSR count). The van der Waals surface area contributed by atoms with Gasteiger partial charge in [0.1, 0.15) is 0 Å². The molecule has 5 nitrogen and oxygen atoms in total. The van der Waals surface area contributed by atoms with E-state index in [9.17, 15) is 9.59 Å². The second kappa shape index (κ2) is 8.75. The molecule has 1 fully saturated rings. The molecule has 0 saturated carbocycles. The molecule has 0 radical (unpaired) electrons. The Bertz CT molecular complexity index is 1150. The van der Waals surface area contributed by atoms with Crippen molar-refractivity contribution in [2.75, 3.05) is 29.9 Å². The molecule has 0 bridgehead atoms. The molecule has 164 valence electrons. The summed E-state index contributed by atoms with van der Waals surface area (Å²) in [6, 6.07) is 22.5. The molecule has 1 unspecified atom stereocenters. The molecule has 0 aromatic heterocycles. The lowest BCUT2D eigenvalue weighted by Crippen LogP contribution is -2.46. The number of rotatable bonds is 4. The van der Waals surface area contributed by atoms with Crippen molar-refractivity contribution in [1.82, 2.24) is 4.90 Å². The fourth-order valence-corrected chi connectivity index (χ4v) is 5.16. The smallest absolute Gasteiger partial charge is 0.238 e. The van der Waals surface area contributed by atoms with Crippen LogP contribution < -0.4 is 10.2 Å². The van der Waals surface area contributed by atoms with Crippen molar-refractivity contribution in [1.29, 1.82) is 0 Å². The second-order valence-corrected chi connectivity index (χ2v) is 9.02. The maximum Gasteiger partial charge on any atom is 0.238 e. The van der Waals surface area contributed by atoms with Crippen molar-refractivity contribution in [2.24, 2.45) is 5.92 Å². The fourth-order valence-electron chi connectivity index (χ4n) is 5.16. The third-order valence-electron chi connectivity index (χ3n) is 6.81. The van der Waals surface area contributed by atoms with Crippen LogP contribution in [-0.4, -0.2) is 42.4 Å². The third-order valence-corrected chi connectivity index (χ3v) is 6.81. The number of amides is 2. The monoisotopic (exact) mass is 427 g/mol. The van der Waals surface area contributed by atoms with Crippen LogP contribution in [0.25, 0.3) is 10.8 Å². The first-order chi connectivity index (χ1) is 15.6. The van der Waals surface area contributed by atoms with Crippen molar-refractivity contribution < 1.29 is 9.59 Å². The SMILES string of the molecule is CC1Cc2ccccc2N1C(=O)C1CCN(CC(=O)Nc2cccc3ccccc23)CC1. The molecule has 1 saturated heterocycles. The highest BCUT2D eigenvalue weighted by atomic mass is 16.2. The third kappa shape index (κ3) is 4.00. The zero-order chi connectivity index (χ0) is 22.1. The van der Waals surface area contributed by atoms with E-state index in [1.165, 1.54) is 5.56 Å². The fraction of sp³-hybridized carbons (Fsp3) is 0.333. The number of nitrogens with one attached hydrogen (secondary N) is 1. The number of anilines is 2. The van der Waals surface area contributed by atoms with E-state index in [0.29, 0.717) is 6.54 Å². The number of para-hydroxylation sites is 1. The number of likely N-dealkylation sites (tertiary alicyclic amines) is 1. The summed E-state index contributed by atoms with van der Waals surface area (Å²) in [5, 5.41) is 5.23. The maximum absolute atomic E-state index is 13.3. The molecule has 3 aromatic carbocycles. The molecule has 2 heterocycles. The van der Waals surface area contributed by atoms with Crippen LogP contribution in [0.5, 0.6) is 0 Å². The quantitative estimate of drug-likeness (QED) is 0.669. The molecule has 2 aliphatic rings. The topological polar surface area (TPSA) is 52.7 Å². The number of nitrogens with zero attached hydrogens (tertiary/aromatic N) is 2. The van der Waals surface area contributed by atoms with Gasteiger partial charge in [-0.2, -0.15) is 0 Å². The number of piperidine rings is 1. The highest BCUT2D eigenvalue weighted by Crippen LogP contribution is 2.34. The van der Waals surface area contributed by atoms with Gasteiger partial charge in [-0.05, 0) is 62.4 Å². The van der Waals surface area contributed by atoms with Gasteiger partial charge in [-0.3, -0.25) is 14.5 Å². The number of carbonyl (C=O) groups is 2. The number of hydrogen-bond donors (Lipinski definition) is 1. The molecule has 3 aromatic rings. The van der Waals surface area contributed by atoms with Gasteiger partial charge in [0.05, 0.1) is 6.54 Å². The first kappa shape index (κ1) is 20.7. The number of benzene rings is 3. The van der Waals surface area contributed by atoms with Gasteiger partial charge in [0.2, 0.25) is 11.8 Å². The standard InChI is InChI=1S/C27H29N3O2/c1-19-17-22-8-3-5-12-25(22)30(19)27(32)21-13-15-29(16-14-21)18-26(31)28-24-11-6-9-20-7-2-4-10-23(20)24/h2-12,19,21H,13-18H2,1H3,(H,28,31). The van der Waals surface area contributed by atoms with Crippen molar-refractivity contribution in [2.45, 2.75) is 32.2 Å². The minimum absolute atomic E-state index is 0.00628. The zero-order valence-electron chi connectivity index (χ0n) is 18.5. The van der Waals surface area contributed by atoms with E-state index >= 15 is 0 Å². The summed E-state index contributed by atoms with van der Waals surface area (Å²) in [4.78, 5) is 30.2. The average Bonchev–Trinajstić information content (AvgIpc) is 3.15. The molecular weight excluding hydrogens is 398 g/mol. The summed E-state index contributed by atoms with van der Waals surface area (Å²) in [5.74, 6) is 0.261. The van der Waals surface area contributed by atoms with Crippen LogP contribution in [0.3, 0.4) is 0 Å². The molecule has 1 atom stereocenters. The molecule has 2 amide bonds. The molecular formula is C27H29N3O2. The van der Waals surface area contributed by atoms with Crippen LogP contribution >= 0.6 is 0 Å². The van der Waals surface area contributed by atoms with E-state index < -0.39 is 0 Å². The Morgan fingerprint density at radius 1 is 0.938 bits per heavy atom. The lowest BCUT2D eigenvalue weighted by atomic mass is 9.94. The van der Waals surface area contributed by atoms with Crippen LogP contribution in [0.2, 0.25) is 0 Å². The van der Waals surface area contributed by atoms with Gasteiger partial charge in [-0.25, -0.2) is 0 Å². The van der Waals surface area contributed by atoms with E-state index in [-0.39, 0.29) is 23.8 Å². The van der Waals surface area contributed by atoms with Gasteiger partial charge in [0, 0.05) is 28.7 Å². The van der Waals surface area contributed by atoms with Gasteiger partial charge in [-0.15, -0.1) is 0 Å². The summed E-state index contributed by atoms with van der Waals surface area (Å²) in [6.45, 7) is 4.02. The largest absolute Gasteiger partial charge is 0.324 e. The van der Waals surface area contributed by atoms with Crippen molar-refractivity contribution in [3.8, 4) is 0 Å². The van der Waals surface area contributed by atoms with E-state index in [4.69, 9.17) is 0 Å². The second-order valence-electron chi connectivity index (χ2n) is 9.02. The Hall–Kier alpha value is -3.18. The Morgan fingerprint density at radius 2 is 1.66 bits per heavy atom. The van der Waals surface area contributed by atoms with E-state index in [2.05, 4.69) is 29.3 Å². The van der Waals surface area contributed by atoms with Crippen LogP contribution in [0.1, 0.15) is 25.3 Å². The normalized spacial score (nSPS) is 19.2. The summed E-state index contributed by atoms with van der Waals surface area (Å²) in [7, 11) is 0. The first-order valence-corrected chi connectivity index (χ1v) is 11.5. The lowest BCUT2D eigenvalue weighted by Gasteiger charge is -2.34. The summed E-state index contributed by atoms with van der Waals surface area (Å²) in [5.41, 5.74) is 3.18. The first-order valence-electron chi connectivity index (χ1n) is 11.5. The lowest BCUT2D eigenvalue weighted by molar-refractivity contribution is -0.124. The van der Waals surface area contributed by atoms with Crippen LogP contribution in [0.4, 0.5) is 11.4 Å². The predicted octanol–water partition coefficient (Wildman–Crippen LogP) is 4.47. The number of hydrogen-bond acceptors (Lipinski definition) is 3. The highest BCUT2D eigenvalue weighted by Gasteiger charge is 2.36. The van der Waals surface area contributed by atoms with Crippen molar-refractivity contribution in [3.63, 3.8) is 0 Å². The molecule has 5 heteroatoms. The molecule has 2 aliphatic heterocycles. The Morgan fingerprint density at radius 3 is 2.50 bits per heavy atom. The van der Waals surface area contributed by atoms with Gasteiger partial charge in [0.15, 0.2) is 0 Å². The van der Waals surface area contributed by atoms with Crippen molar-refractivity contribution >= 4 is 34.0 Å². The number of carbonyl (C=O) groups excluding carboxylic acids is 2. The van der Waals surface area contributed by atoms with Crippen LogP contribution in [-0.2, 0) is 16.0 Å². The van der Waals surface area contributed by atoms with E-state index in [0.717, 1.165) is 54.5 Å². The Balaban J connectivity index is 1.17. The maximum atomic E-state index is 13.3. The van der Waals surface area contributed by atoms with Gasteiger partial charge in [0.25, 0.3) is 0 Å². The predicted molar refractivity (Wildman–Crippen MR) is 129 cm³/mol. The molecule has 0 aliphatic carbocycles. The Kier molecular flexibility index (Phi) is 5.66. The zero-order valence-corrected chi connectivity index (χ0v) is 18.5. The number of fused-ring (bicyclic) bond motifs is 2. The Labute approximate surface area is 189 Å². The summed E-state index contributed by atoms with van der Waals surface area (Å²) >= 11 is 0. The molecule has 0 spiro atoms. The minimum atomic E-state index is -0.00628. The average molecular weight is 428 g/mol.